The van der Waals surface area contributed by atoms with Crippen molar-refractivity contribution >= 4 is 5.91 Å². The number of rotatable bonds is 8. The Hall–Kier alpha value is -1.55. The van der Waals surface area contributed by atoms with Crippen molar-refractivity contribution in [3.63, 3.8) is 0 Å². The molecule has 132 valence electrons. The molecule has 1 saturated heterocycles. The second-order valence-corrected chi connectivity index (χ2v) is 7.08. The van der Waals surface area contributed by atoms with Crippen molar-refractivity contribution in [2.45, 2.75) is 51.5 Å². The molecule has 1 heterocycles. The highest BCUT2D eigenvalue weighted by atomic mass is 16.5. The van der Waals surface area contributed by atoms with Crippen molar-refractivity contribution in [1.29, 1.82) is 0 Å². The third-order valence-electron chi connectivity index (χ3n) is 5.10. The summed E-state index contributed by atoms with van der Waals surface area (Å²) in [6.45, 7) is 5.66. The molecule has 24 heavy (non-hydrogen) atoms. The molecule has 0 radical (unpaired) electrons. The lowest BCUT2D eigenvalue weighted by molar-refractivity contribution is -0.132. The summed E-state index contributed by atoms with van der Waals surface area (Å²) in [6.07, 6.45) is 6.41. The largest absolute Gasteiger partial charge is 0.494 e. The molecule has 0 atom stereocenters. The van der Waals surface area contributed by atoms with E-state index < -0.39 is 0 Å². The fourth-order valence-corrected chi connectivity index (χ4v) is 3.32. The first-order valence-electron chi connectivity index (χ1n) is 9.47. The molecule has 1 aliphatic carbocycles. The van der Waals surface area contributed by atoms with E-state index in [0.29, 0.717) is 25.0 Å². The molecule has 1 aliphatic heterocycles. The Morgan fingerprint density at radius 2 is 1.88 bits per heavy atom. The molecule has 0 bridgehead atoms. The fourth-order valence-electron chi connectivity index (χ4n) is 3.32. The topological polar surface area (TPSA) is 41.6 Å². The Morgan fingerprint density at radius 1 is 1.17 bits per heavy atom. The third-order valence-corrected chi connectivity index (χ3v) is 5.10. The Balaban J connectivity index is 1.36. The van der Waals surface area contributed by atoms with E-state index in [4.69, 9.17) is 4.74 Å². The maximum Gasteiger partial charge on any atom is 0.222 e. The first kappa shape index (κ1) is 17.3. The molecule has 1 saturated carbocycles. The molecular weight excluding hydrogens is 300 g/mol. The number of amides is 1. The fraction of sp³-hybridized carbons (Fsp3) is 0.650. The predicted octanol–water partition coefficient (Wildman–Crippen LogP) is 3.01. The number of benzene rings is 1. The van der Waals surface area contributed by atoms with E-state index in [1.807, 2.05) is 24.0 Å². The molecular formula is C20H30N2O2. The molecule has 2 fully saturated rings. The number of nitrogens with zero attached hydrogens (tertiary/aromatic N) is 1. The summed E-state index contributed by atoms with van der Waals surface area (Å²) >= 11 is 0. The molecule has 0 unspecified atom stereocenters. The van der Waals surface area contributed by atoms with Crippen LogP contribution in [0.3, 0.4) is 0 Å². The van der Waals surface area contributed by atoms with Gasteiger partial charge in [0.2, 0.25) is 5.91 Å². The van der Waals surface area contributed by atoms with E-state index in [1.165, 1.54) is 24.9 Å². The minimum atomic E-state index is 0.296. The van der Waals surface area contributed by atoms with E-state index in [1.54, 1.807) is 0 Å². The molecule has 1 amide bonds. The van der Waals surface area contributed by atoms with Crippen LogP contribution < -0.4 is 10.1 Å². The molecule has 3 rings (SSSR count). The summed E-state index contributed by atoms with van der Waals surface area (Å²) in [6, 6.07) is 8.71. The normalized spacial score (nSPS) is 18.6. The van der Waals surface area contributed by atoms with Crippen LogP contribution in [0.1, 0.15) is 44.6 Å². The van der Waals surface area contributed by atoms with E-state index in [2.05, 4.69) is 17.4 Å². The van der Waals surface area contributed by atoms with Gasteiger partial charge in [0, 0.05) is 25.6 Å². The zero-order chi connectivity index (χ0) is 16.8. The number of hydrogen-bond donors (Lipinski definition) is 1. The molecule has 2 aliphatic rings. The Bertz CT molecular complexity index is 517. The zero-order valence-corrected chi connectivity index (χ0v) is 14.8. The van der Waals surface area contributed by atoms with Crippen LogP contribution in [-0.2, 0) is 11.2 Å². The van der Waals surface area contributed by atoms with E-state index in [-0.39, 0.29) is 0 Å². The first-order valence-corrected chi connectivity index (χ1v) is 9.47. The molecule has 0 spiro atoms. The van der Waals surface area contributed by atoms with Gasteiger partial charge < -0.3 is 15.0 Å². The summed E-state index contributed by atoms with van der Waals surface area (Å²) in [5.41, 5.74) is 1.20. The monoisotopic (exact) mass is 330 g/mol. The Kier molecular flexibility index (Phi) is 6.13. The van der Waals surface area contributed by atoms with Gasteiger partial charge in [-0.05, 0) is 69.2 Å². The van der Waals surface area contributed by atoms with Gasteiger partial charge in [0.05, 0.1) is 6.61 Å². The zero-order valence-electron chi connectivity index (χ0n) is 14.8. The number of nitrogens with one attached hydrogen (secondary N) is 1. The van der Waals surface area contributed by atoms with Gasteiger partial charge in [0.15, 0.2) is 0 Å². The number of aryl methyl sites for hydroxylation is 1. The minimum absolute atomic E-state index is 0.296. The Morgan fingerprint density at radius 3 is 2.50 bits per heavy atom. The van der Waals surface area contributed by atoms with Gasteiger partial charge in [0.25, 0.3) is 0 Å². The predicted molar refractivity (Wildman–Crippen MR) is 96.3 cm³/mol. The summed E-state index contributed by atoms with van der Waals surface area (Å²) in [4.78, 5) is 14.4. The second kappa shape index (κ2) is 8.52. The highest BCUT2D eigenvalue weighted by Crippen LogP contribution is 2.28. The smallest absolute Gasteiger partial charge is 0.222 e. The number of ether oxygens (including phenoxy) is 1. The second-order valence-electron chi connectivity index (χ2n) is 7.08. The quantitative estimate of drug-likeness (QED) is 0.797. The number of piperidine rings is 1. The van der Waals surface area contributed by atoms with Gasteiger partial charge in [-0.2, -0.15) is 0 Å². The van der Waals surface area contributed by atoms with Crippen LogP contribution in [0, 0.1) is 5.92 Å². The van der Waals surface area contributed by atoms with Crippen molar-refractivity contribution in [1.82, 2.24) is 10.2 Å². The lowest BCUT2D eigenvalue weighted by atomic mass is 10.0. The van der Waals surface area contributed by atoms with E-state index in [9.17, 15) is 4.79 Å². The molecule has 4 nitrogen and oxygen atoms in total. The molecule has 4 heteroatoms. The maximum atomic E-state index is 12.4. The lowest BCUT2D eigenvalue weighted by Crippen LogP contribution is -2.45. The van der Waals surface area contributed by atoms with Crippen LogP contribution in [0.15, 0.2) is 24.3 Å². The number of carbonyl (C=O) groups excluding carboxylic acids is 1. The van der Waals surface area contributed by atoms with Crippen LogP contribution in [0.4, 0.5) is 0 Å². The van der Waals surface area contributed by atoms with Crippen LogP contribution in [0.25, 0.3) is 0 Å². The molecule has 1 N–H and O–H groups in total. The number of carbonyl (C=O) groups is 1. The summed E-state index contributed by atoms with van der Waals surface area (Å²) in [5, 5.41) is 3.67. The van der Waals surface area contributed by atoms with Crippen molar-refractivity contribution in [2.75, 3.05) is 26.2 Å². The van der Waals surface area contributed by atoms with Crippen molar-refractivity contribution in [3.05, 3.63) is 29.8 Å². The number of hydrogen-bond acceptors (Lipinski definition) is 3. The average Bonchev–Trinajstić information content (AvgIpc) is 3.44. The summed E-state index contributed by atoms with van der Waals surface area (Å²) in [5.74, 6) is 2.12. The Labute approximate surface area is 145 Å². The highest BCUT2D eigenvalue weighted by Gasteiger charge is 2.25. The van der Waals surface area contributed by atoms with Crippen molar-refractivity contribution in [3.8, 4) is 5.75 Å². The van der Waals surface area contributed by atoms with Crippen LogP contribution >= 0.6 is 0 Å². The minimum Gasteiger partial charge on any atom is -0.494 e. The van der Waals surface area contributed by atoms with Gasteiger partial charge in [-0.15, -0.1) is 0 Å². The molecule has 0 aromatic heterocycles. The van der Waals surface area contributed by atoms with Gasteiger partial charge in [0.1, 0.15) is 5.75 Å². The summed E-state index contributed by atoms with van der Waals surface area (Å²) in [7, 11) is 0. The van der Waals surface area contributed by atoms with Crippen LogP contribution in [0.2, 0.25) is 0 Å². The van der Waals surface area contributed by atoms with E-state index in [0.717, 1.165) is 44.0 Å². The molecule has 1 aromatic rings. The standard InChI is InChI=1S/C20H30N2O2/c1-2-24-19-8-5-16(6-9-19)7-10-20(23)22-13-11-18(12-14-22)21-15-17-3-4-17/h5-6,8-9,17-18,21H,2-4,7,10-15H2,1H3. The third kappa shape index (κ3) is 5.23. The number of likely N-dealkylation sites (tertiary alicyclic amines) is 1. The van der Waals surface area contributed by atoms with Crippen LogP contribution in [0.5, 0.6) is 5.75 Å². The van der Waals surface area contributed by atoms with Gasteiger partial charge in [-0.3, -0.25) is 4.79 Å². The first-order chi connectivity index (χ1) is 11.7. The lowest BCUT2D eigenvalue weighted by Gasteiger charge is -2.32. The van der Waals surface area contributed by atoms with Gasteiger partial charge in [-0.25, -0.2) is 0 Å². The van der Waals surface area contributed by atoms with Gasteiger partial charge in [-0.1, -0.05) is 12.1 Å². The van der Waals surface area contributed by atoms with E-state index >= 15 is 0 Å². The van der Waals surface area contributed by atoms with Gasteiger partial charge >= 0.3 is 0 Å². The highest BCUT2D eigenvalue weighted by molar-refractivity contribution is 5.76. The summed E-state index contributed by atoms with van der Waals surface area (Å²) < 4.78 is 5.45. The molecule has 1 aromatic carbocycles. The van der Waals surface area contributed by atoms with Crippen molar-refractivity contribution in [2.24, 2.45) is 5.92 Å². The van der Waals surface area contributed by atoms with Crippen molar-refractivity contribution < 1.29 is 9.53 Å². The van der Waals surface area contributed by atoms with Crippen LogP contribution in [-0.4, -0.2) is 43.1 Å². The SMILES string of the molecule is CCOc1ccc(CCC(=O)N2CCC(NCC3CC3)CC2)cc1. The maximum absolute atomic E-state index is 12.4. The average molecular weight is 330 g/mol.